The normalized spacial score (nSPS) is 10.9. The average molecular weight is 307 g/mol. The van der Waals surface area contributed by atoms with Gasteiger partial charge in [-0.2, -0.15) is 5.26 Å². The summed E-state index contributed by atoms with van der Waals surface area (Å²) < 4.78 is 41.8. The standard InChI is InChI=1S/C13H10FN3O3S/c14-11-6-10(3-1-8(11)7-15)20-12-4-2-9(16)5-13(12)21(17,18)19/h1-6H,16H2,(H2,17,18,19). The predicted molar refractivity (Wildman–Crippen MR) is 73.4 cm³/mol. The van der Waals surface area contributed by atoms with Crippen LogP contribution in [0.4, 0.5) is 10.1 Å². The Balaban J connectivity index is 2.45. The van der Waals surface area contributed by atoms with E-state index >= 15 is 0 Å². The molecule has 0 amide bonds. The molecule has 0 aliphatic heterocycles. The molecule has 6 nitrogen and oxygen atoms in total. The van der Waals surface area contributed by atoms with Gasteiger partial charge in [-0.25, -0.2) is 17.9 Å². The second kappa shape index (κ2) is 5.40. The molecule has 0 unspecified atom stereocenters. The van der Waals surface area contributed by atoms with Gasteiger partial charge in [0.05, 0.1) is 5.56 Å². The molecule has 8 heteroatoms. The Morgan fingerprint density at radius 2 is 1.90 bits per heavy atom. The van der Waals surface area contributed by atoms with Gasteiger partial charge in [0.1, 0.15) is 28.3 Å². The van der Waals surface area contributed by atoms with Gasteiger partial charge in [0, 0.05) is 11.8 Å². The monoisotopic (exact) mass is 307 g/mol. The zero-order chi connectivity index (χ0) is 15.6. The first-order chi connectivity index (χ1) is 9.81. The summed E-state index contributed by atoms with van der Waals surface area (Å²) in [6.07, 6.45) is 0. The number of anilines is 1. The van der Waals surface area contributed by atoms with E-state index in [0.29, 0.717) is 0 Å². The number of rotatable bonds is 3. The topological polar surface area (TPSA) is 119 Å². The summed E-state index contributed by atoms with van der Waals surface area (Å²) >= 11 is 0. The number of benzene rings is 2. The Morgan fingerprint density at radius 1 is 1.19 bits per heavy atom. The Kier molecular flexibility index (Phi) is 3.80. The van der Waals surface area contributed by atoms with Gasteiger partial charge in [-0.15, -0.1) is 0 Å². The smallest absolute Gasteiger partial charge is 0.241 e. The van der Waals surface area contributed by atoms with Crippen LogP contribution in [0.1, 0.15) is 5.56 Å². The number of hydrogen-bond donors (Lipinski definition) is 2. The lowest BCUT2D eigenvalue weighted by Crippen LogP contribution is -2.13. The van der Waals surface area contributed by atoms with Crippen molar-refractivity contribution in [2.75, 3.05) is 5.73 Å². The Labute approximate surface area is 120 Å². The van der Waals surface area contributed by atoms with Crippen LogP contribution in [0.3, 0.4) is 0 Å². The van der Waals surface area contributed by atoms with E-state index in [1.54, 1.807) is 6.07 Å². The molecule has 0 radical (unpaired) electrons. The second-order valence-electron chi connectivity index (χ2n) is 4.11. The lowest BCUT2D eigenvalue weighted by Gasteiger charge is -2.10. The van der Waals surface area contributed by atoms with Crippen molar-refractivity contribution in [2.45, 2.75) is 4.90 Å². The van der Waals surface area contributed by atoms with E-state index in [1.165, 1.54) is 24.3 Å². The first-order valence-corrected chi connectivity index (χ1v) is 7.16. The van der Waals surface area contributed by atoms with Crippen LogP contribution >= 0.6 is 0 Å². The molecule has 0 aromatic heterocycles. The van der Waals surface area contributed by atoms with Crippen molar-refractivity contribution in [3.8, 4) is 17.6 Å². The van der Waals surface area contributed by atoms with Crippen LogP contribution in [0, 0.1) is 17.1 Å². The zero-order valence-electron chi connectivity index (χ0n) is 10.6. The summed E-state index contributed by atoms with van der Waals surface area (Å²) in [5, 5.41) is 13.7. The van der Waals surface area contributed by atoms with E-state index in [2.05, 4.69) is 0 Å². The Hall–Kier alpha value is -2.63. The van der Waals surface area contributed by atoms with Gasteiger partial charge in [0.25, 0.3) is 0 Å². The highest BCUT2D eigenvalue weighted by atomic mass is 32.2. The molecule has 0 bridgehead atoms. The summed E-state index contributed by atoms with van der Waals surface area (Å²) in [5.74, 6) is -0.834. The average Bonchev–Trinajstić information content (AvgIpc) is 2.40. The third kappa shape index (κ3) is 3.28. The third-order valence-electron chi connectivity index (χ3n) is 2.56. The van der Waals surface area contributed by atoms with Crippen LogP contribution in [0.5, 0.6) is 11.5 Å². The maximum atomic E-state index is 13.5. The van der Waals surface area contributed by atoms with Crippen LogP contribution in [0.2, 0.25) is 0 Å². The molecule has 21 heavy (non-hydrogen) atoms. The van der Waals surface area contributed by atoms with Crippen LogP contribution in [0.15, 0.2) is 41.3 Å². The van der Waals surface area contributed by atoms with Crippen LogP contribution in [-0.4, -0.2) is 8.42 Å². The molecule has 0 heterocycles. The number of nitrogens with zero attached hydrogens (tertiary/aromatic N) is 1. The van der Waals surface area contributed by atoms with Crippen LogP contribution < -0.4 is 15.6 Å². The van der Waals surface area contributed by atoms with E-state index in [9.17, 15) is 12.8 Å². The lowest BCUT2D eigenvalue weighted by atomic mass is 10.2. The Bertz CT molecular complexity index is 844. The fourth-order valence-corrected chi connectivity index (χ4v) is 2.30. The number of ether oxygens (including phenoxy) is 1. The van der Waals surface area contributed by atoms with Gasteiger partial charge < -0.3 is 10.5 Å². The second-order valence-corrected chi connectivity index (χ2v) is 5.64. The van der Waals surface area contributed by atoms with Gasteiger partial charge in [0.15, 0.2) is 0 Å². The quantitative estimate of drug-likeness (QED) is 0.837. The molecule has 2 rings (SSSR count). The number of hydrogen-bond acceptors (Lipinski definition) is 5. The molecule has 0 saturated heterocycles. The van der Waals surface area contributed by atoms with E-state index in [4.69, 9.17) is 20.9 Å². The minimum Gasteiger partial charge on any atom is -0.456 e. The summed E-state index contributed by atoms with van der Waals surface area (Å²) in [4.78, 5) is -0.313. The molecule has 4 N–H and O–H groups in total. The highest BCUT2D eigenvalue weighted by Crippen LogP contribution is 2.30. The minimum atomic E-state index is -4.05. The lowest BCUT2D eigenvalue weighted by molar-refractivity contribution is 0.462. The number of nitrogens with two attached hydrogens (primary N) is 2. The SMILES string of the molecule is N#Cc1ccc(Oc2ccc(N)cc2S(N)(=O)=O)cc1F. The van der Waals surface area contributed by atoms with Crippen molar-refractivity contribution in [1.29, 1.82) is 5.26 Å². The molecular formula is C13H10FN3O3S. The molecule has 0 fully saturated rings. The first kappa shape index (κ1) is 14.8. The van der Waals surface area contributed by atoms with E-state index < -0.39 is 15.8 Å². The van der Waals surface area contributed by atoms with Gasteiger partial charge >= 0.3 is 0 Å². The maximum absolute atomic E-state index is 13.5. The molecule has 0 spiro atoms. The number of halogens is 1. The highest BCUT2D eigenvalue weighted by molar-refractivity contribution is 7.89. The summed E-state index contributed by atoms with van der Waals surface area (Å²) in [7, 11) is -4.05. The largest absolute Gasteiger partial charge is 0.456 e. The van der Waals surface area contributed by atoms with Crippen molar-refractivity contribution < 1.29 is 17.5 Å². The fraction of sp³-hybridized carbons (Fsp3) is 0. The van der Waals surface area contributed by atoms with Gasteiger partial charge in [-0.05, 0) is 30.3 Å². The number of sulfonamides is 1. The first-order valence-electron chi connectivity index (χ1n) is 5.61. The molecule has 2 aromatic rings. The molecule has 2 aromatic carbocycles. The van der Waals surface area contributed by atoms with E-state index in [-0.39, 0.29) is 27.6 Å². The van der Waals surface area contributed by atoms with Crippen LogP contribution in [-0.2, 0) is 10.0 Å². The molecule has 0 atom stereocenters. The van der Waals surface area contributed by atoms with Crippen LogP contribution in [0.25, 0.3) is 0 Å². The predicted octanol–water partition coefficient (Wildman–Crippen LogP) is 1.72. The van der Waals surface area contributed by atoms with Crippen molar-refractivity contribution >= 4 is 15.7 Å². The summed E-state index contributed by atoms with van der Waals surface area (Å²) in [5.41, 5.74) is 5.55. The molecule has 0 aliphatic carbocycles. The molecule has 0 saturated carbocycles. The van der Waals surface area contributed by atoms with Gasteiger partial charge in [0.2, 0.25) is 10.0 Å². The Morgan fingerprint density at radius 3 is 2.48 bits per heavy atom. The molecular weight excluding hydrogens is 297 g/mol. The van der Waals surface area contributed by atoms with Crippen molar-refractivity contribution in [2.24, 2.45) is 5.14 Å². The van der Waals surface area contributed by atoms with Crippen molar-refractivity contribution in [1.82, 2.24) is 0 Å². The summed E-state index contributed by atoms with van der Waals surface area (Å²) in [6, 6.07) is 9.07. The van der Waals surface area contributed by atoms with Gasteiger partial charge in [-0.1, -0.05) is 0 Å². The molecule has 108 valence electrons. The number of nitriles is 1. The van der Waals surface area contributed by atoms with E-state index in [0.717, 1.165) is 12.1 Å². The van der Waals surface area contributed by atoms with Crippen molar-refractivity contribution in [3.05, 3.63) is 47.8 Å². The fourth-order valence-electron chi connectivity index (χ4n) is 1.61. The molecule has 0 aliphatic rings. The summed E-state index contributed by atoms with van der Waals surface area (Å²) in [6.45, 7) is 0. The maximum Gasteiger partial charge on any atom is 0.241 e. The number of primary sulfonamides is 1. The zero-order valence-corrected chi connectivity index (χ0v) is 11.4. The minimum absolute atomic E-state index is 0.0289. The van der Waals surface area contributed by atoms with Crippen molar-refractivity contribution in [3.63, 3.8) is 0 Å². The van der Waals surface area contributed by atoms with Gasteiger partial charge in [-0.3, -0.25) is 0 Å². The third-order valence-corrected chi connectivity index (χ3v) is 3.50. The highest BCUT2D eigenvalue weighted by Gasteiger charge is 2.17. The van der Waals surface area contributed by atoms with E-state index in [1.807, 2.05) is 0 Å². The number of nitrogen functional groups attached to an aromatic ring is 1.